The second-order valence-corrected chi connectivity index (χ2v) is 5.69. The number of rotatable bonds is 3. The number of hydrogen-bond donors (Lipinski definition) is 3. The average molecular weight is 282 g/mol. The molecule has 2 rings (SSSR count). The van der Waals surface area contributed by atoms with Gasteiger partial charge in [-0.3, -0.25) is 4.79 Å². The number of nitrogens with zero attached hydrogens (tertiary/aromatic N) is 1. The number of aliphatic carboxylic acids is 1. The molecule has 0 radical (unpaired) electrons. The Kier molecular flexibility index (Phi) is 4.65. The molecule has 2 amide bonds. The molecule has 0 aromatic heterocycles. The average Bonchev–Trinajstić information content (AvgIpc) is 2.87. The summed E-state index contributed by atoms with van der Waals surface area (Å²) in [6.07, 6.45) is 5.10. The molecule has 0 bridgehead atoms. The fourth-order valence-electron chi connectivity index (χ4n) is 2.82. The van der Waals surface area contributed by atoms with Crippen LogP contribution in [0.5, 0.6) is 0 Å². The van der Waals surface area contributed by atoms with E-state index in [1.54, 1.807) is 24.0 Å². The smallest absolute Gasteiger partial charge is 0.317 e. The Morgan fingerprint density at radius 2 is 1.95 bits per heavy atom. The number of aliphatic hydroxyl groups is 1. The number of piperidine rings is 1. The first-order valence-electron chi connectivity index (χ1n) is 7.12. The number of carbonyl (C=O) groups excluding carboxylic acids is 1. The summed E-state index contributed by atoms with van der Waals surface area (Å²) in [5.41, 5.74) is 0. The van der Waals surface area contributed by atoms with Gasteiger partial charge in [-0.15, -0.1) is 0 Å². The molecule has 0 aromatic rings. The molecule has 1 aliphatic heterocycles. The zero-order valence-electron chi connectivity index (χ0n) is 11.7. The van der Waals surface area contributed by atoms with Crippen LogP contribution in [0.4, 0.5) is 4.79 Å². The molecule has 1 heterocycles. The van der Waals surface area contributed by atoms with E-state index in [4.69, 9.17) is 5.11 Å². The van der Waals surface area contributed by atoms with Crippen molar-refractivity contribution in [1.29, 1.82) is 0 Å². The molecule has 0 aromatic carbocycles. The van der Waals surface area contributed by atoms with Crippen LogP contribution in [0.15, 0.2) is 12.2 Å². The Labute approximate surface area is 118 Å². The summed E-state index contributed by atoms with van der Waals surface area (Å²) in [6, 6.07) is -0.340. The van der Waals surface area contributed by atoms with E-state index in [9.17, 15) is 14.7 Å². The second kappa shape index (κ2) is 6.26. The highest BCUT2D eigenvalue weighted by Crippen LogP contribution is 2.22. The maximum atomic E-state index is 12.1. The molecule has 6 nitrogen and oxygen atoms in total. The molecule has 112 valence electrons. The summed E-state index contributed by atoms with van der Waals surface area (Å²) in [7, 11) is 0. The maximum Gasteiger partial charge on any atom is 0.317 e. The lowest BCUT2D eigenvalue weighted by molar-refractivity contribution is -0.140. The molecule has 6 heteroatoms. The van der Waals surface area contributed by atoms with Gasteiger partial charge in [-0.1, -0.05) is 12.2 Å². The van der Waals surface area contributed by atoms with Crippen LogP contribution in [0.2, 0.25) is 0 Å². The van der Waals surface area contributed by atoms with Gasteiger partial charge in [0.05, 0.1) is 18.1 Å². The number of carboxylic acids is 1. The number of hydrogen-bond acceptors (Lipinski definition) is 3. The summed E-state index contributed by atoms with van der Waals surface area (Å²) in [5.74, 6) is -1.08. The number of nitrogens with one attached hydrogen (secondary N) is 1. The number of carbonyl (C=O) groups is 2. The van der Waals surface area contributed by atoms with Crippen molar-refractivity contribution in [3.05, 3.63) is 12.2 Å². The van der Waals surface area contributed by atoms with Gasteiger partial charge in [0.25, 0.3) is 0 Å². The highest BCUT2D eigenvalue weighted by atomic mass is 16.4. The van der Waals surface area contributed by atoms with E-state index < -0.39 is 11.9 Å². The van der Waals surface area contributed by atoms with Crippen LogP contribution in [-0.2, 0) is 4.79 Å². The molecule has 0 spiro atoms. The van der Waals surface area contributed by atoms with Crippen LogP contribution < -0.4 is 5.32 Å². The van der Waals surface area contributed by atoms with Gasteiger partial charge >= 0.3 is 12.0 Å². The number of carboxylic acid groups (broad SMARTS) is 1. The van der Waals surface area contributed by atoms with Crippen molar-refractivity contribution in [1.82, 2.24) is 10.2 Å². The third kappa shape index (κ3) is 3.50. The molecule has 1 fully saturated rings. The fourth-order valence-corrected chi connectivity index (χ4v) is 2.82. The van der Waals surface area contributed by atoms with E-state index in [0.29, 0.717) is 19.5 Å². The van der Waals surface area contributed by atoms with Gasteiger partial charge in [-0.2, -0.15) is 0 Å². The minimum absolute atomic E-state index is 0.144. The van der Waals surface area contributed by atoms with Gasteiger partial charge in [0, 0.05) is 13.1 Å². The molecule has 1 aliphatic carbocycles. The van der Waals surface area contributed by atoms with Gasteiger partial charge < -0.3 is 20.4 Å². The predicted molar refractivity (Wildman–Crippen MR) is 73.2 cm³/mol. The summed E-state index contributed by atoms with van der Waals surface area (Å²) in [5, 5.41) is 21.3. The van der Waals surface area contributed by atoms with Crippen molar-refractivity contribution >= 4 is 12.0 Å². The Morgan fingerprint density at radius 1 is 1.30 bits per heavy atom. The lowest BCUT2D eigenvalue weighted by Gasteiger charge is -2.33. The minimum atomic E-state index is -0.851. The van der Waals surface area contributed by atoms with Crippen LogP contribution in [0.25, 0.3) is 0 Å². The van der Waals surface area contributed by atoms with E-state index >= 15 is 0 Å². The Balaban J connectivity index is 1.77. The molecule has 0 saturated carbocycles. The SMILES string of the molecule is CC(O)C1CCN(C(=O)NC2C=CC(C(=O)O)C2)CC1. The second-order valence-electron chi connectivity index (χ2n) is 5.69. The summed E-state index contributed by atoms with van der Waals surface area (Å²) >= 11 is 0. The first kappa shape index (κ1) is 14.8. The topological polar surface area (TPSA) is 89.9 Å². The van der Waals surface area contributed by atoms with Gasteiger partial charge in [0.1, 0.15) is 0 Å². The lowest BCUT2D eigenvalue weighted by atomic mass is 9.92. The molecule has 3 atom stereocenters. The maximum absolute atomic E-state index is 12.1. The fraction of sp³-hybridized carbons (Fsp3) is 0.714. The third-order valence-corrected chi connectivity index (χ3v) is 4.22. The molecule has 3 unspecified atom stereocenters. The lowest BCUT2D eigenvalue weighted by Crippen LogP contribution is -2.48. The Hall–Kier alpha value is -1.56. The largest absolute Gasteiger partial charge is 0.481 e. The quantitative estimate of drug-likeness (QED) is 0.668. The number of likely N-dealkylation sites (tertiary alicyclic amines) is 1. The van der Waals surface area contributed by atoms with E-state index in [2.05, 4.69) is 5.32 Å². The summed E-state index contributed by atoms with van der Waals surface area (Å²) in [4.78, 5) is 24.7. The first-order valence-corrected chi connectivity index (χ1v) is 7.12. The number of amides is 2. The van der Waals surface area contributed by atoms with Gasteiger partial charge in [0.15, 0.2) is 0 Å². The van der Waals surface area contributed by atoms with Crippen molar-refractivity contribution in [3.63, 3.8) is 0 Å². The van der Waals surface area contributed by atoms with Crippen molar-refractivity contribution in [2.75, 3.05) is 13.1 Å². The van der Waals surface area contributed by atoms with Crippen LogP contribution in [0, 0.1) is 11.8 Å². The number of urea groups is 1. The first-order chi connectivity index (χ1) is 9.47. The molecule has 3 N–H and O–H groups in total. The predicted octanol–water partition coefficient (Wildman–Crippen LogP) is 0.818. The normalized spacial score (nSPS) is 28.4. The minimum Gasteiger partial charge on any atom is -0.481 e. The highest BCUT2D eigenvalue weighted by molar-refractivity contribution is 5.76. The van der Waals surface area contributed by atoms with E-state index in [0.717, 1.165) is 12.8 Å². The zero-order chi connectivity index (χ0) is 14.7. The van der Waals surface area contributed by atoms with Crippen molar-refractivity contribution < 1.29 is 19.8 Å². The highest BCUT2D eigenvalue weighted by Gasteiger charge is 2.29. The molecular weight excluding hydrogens is 260 g/mol. The van der Waals surface area contributed by atoms with Crippen molar-refractivity contribution in [2.45, 2.75) is 38.3 Å². The Bertz CT molecular complexity index is 400. The van der Waals surface area contributed by atoms with Gasteiger partial charge in [-0.25, -0.2) is 4.79 Å². The Morgan fingerprint density at radius 3 is 2.45 bits per heavy atom. The van der Waals surface area contributed by atoms with E-state index in [1.807, 2.05) is 0 Å². The van der Waals surface area contributed by atoms with Crippen LogP contribution in [-0.4, -0.2) is 52.3 Å². The van der Waals surface area contributed by atoms with Crippen LogP contribution in [0.1, 0.15) is 26.2 Å². The molecular formula is C14H22N2O4. The molecule has 1 saturated heterocycles. The standard InChI is InChI=1S/C14H22N2O4/c1-9(17)10-4-6-16(7-5-10)14(20)15-12-3-2-11(8-12)13(18)19/h2-3,9-12,17H,4-8H2,1H3,(H,15,20)(H,18,19). The van der Waals surface area contributed by atoms with E-state index in [1.165, 1.54) is 0 Å². The zero-order valence-corrected chi connectivity index (χ0v) is 11.7. The summed E-state index contributed by atoms with van der Waals surface area (Å²) < 4.78 is 0. The molecule has 20 heavy (non-hydrogen) atoms. The van der Waals surface area contributed by atoms with Gasteiger partial charge in [-0.05, 0) is 32.1 Å². The van der Waals surface area contributed by atoms with Crippen LogP contribution >= 0.6 is 0 Å². The third-order valence-electron chi connectivity index (χ3n) is 4.22. The summed E-state index contributed by atoms with van der Waals surface area (Å²) in [6.45, 7) is 3.07. The van der Waals surface area contributed by atoms with Crippen LogP contribution in [0.3, 0.4) is 0 Å². The van der Waals surface area contributed by atoms with E-state index in [-0.39, 0.29) is 24.1 Å². The molecule has 2 aliphatic rings. The monoisotopic (exact) mass is 282 g/mol. The van der Waals surface area contributed by atoms with Crippen molar-refractivity contribution in [2.24, 2.45) is 11.8 Å². The number of aliphatic hydroxyl groups excluding tert-OH is 1. The van der Waals surface area contributed by atoms with Crippen molar-refractivity contribution in [3.8, 4) is 0 Å². The van der Waals surface area contributed by atoms with Gasteiger partial charge in [0.2, 0.25) is 0 Å².